The van der Waals surface area contributed by atoms with Crippen LogP contribution >= 0.6 is 11.6 Å². The molecule has 11 heteroatoms. The highest BCUT2D eigenvalue weighted by atomic mass is 35.5. The normalized spacial score (nSPS) is 18.9. The van der Waals surface area contributed by atoms with Crippen LogP contribution in [0.1, 0.15) is 25.7 Å². The van der Waals surface area contributed by atoms with Gasteiger partial charge in [-0.1, -0.05) is 0 Å². The molecule has 1 amide bonds. The van der Waals surface area contributed by atoms with Gasteiger partial charge in [0.15, 0.2) is 0 Å². The maximum absolute atomic E-state index is 12.5. The van der Waals surface area contributed by atoms with Crippen LogP contribution in [0.5, 0.6) is 5.75 Å². The summed E-state index contributed by atoms with van der Waals surface area (Å²) in [4.78, 5) is 23.4. The van der Waals surface area contributed by atoms with Gasteiger partial charge in [0.2, 0.25) is 5.28 Å². The number of benzene rings is 1. The monoisotopic (exact) mass is 465 g/mol. The largest absolute Gasteiger partial charge is 0.490 e. The van der Waals surface area contributed by atoms with Gasteiger partial charge in [0.25, 0.3) is 0 Å². The van der Waals surface area contributed by atoms with Gasteiger partial charge in [0, 0.05) is 24.0 Å². The number of halogens is 4. The molecule has 0 saturated heterocycles. The number of fused-ring (bicyclic) bond motifs is 1. The molecule has 7 nitrogen and oxygen atoms in total. The predicted octanol–water partition coefficient (Wildman–Crippen LogP) is 4.79. The van der Waals surface area contributed by atoms with E-state index in [0.29, 0.717) is 42.9 Å². The minimum Gasteiger partial charge on any atom is -0.490 e. The summed E-state index contributed by atoms with van der Waals surface area (Å²) in [6, 6.07) is 6.75. The summed E-state index contributed by atoms with van der Waals surface area (Å²) < 4.78 is 43.6. The molecule has 2 aromatic heterocycles. The lowest BCUT2D eigenvalue weighted by molar-refractivity contribution is -0.174. The number of aromatic nitrogens is 3. The maximum Gasteiger partial charge on any atom is 0.471 e. The molecule has 1 fully saturated rings. The lowest BCUT2D eigenvalue weighted by atomic mass is 9.92. The van der Waals surface area contributed by atoms with Gasteiger partial charge in [-0.05, 0) is 60.5 Å². The van der Waals surface area contributed by atoms with Crippen LogP contribution in [0.25, 0.3) is 10.8 Å². The van der Waals surface area contributed by atoms with Gasteiger partial charge in [-0.3, -0.25) is 4.79 Å². The Kier molecular flexibility index (Phi) is 6.31. The third-order valence-corrected chi connectivity index (χ3v) is 5.34. The third kappa shape index (κ3) is 5.37. The number of hydrogen-bond acceptors (Lipinski definition) is 6. The van der Waals surface area contributed by atoms with Crippen molar-refractivity contribution in [3.8, 4) is 5.75 Å². The van der Waals surface area contributed by atoms with Crippen molar-refractivity contribution in [1.82, 2.24) is 20.3 Å². The lowest BCUT2D eigenvalue weighted by Crippen LogP contribution is -2.46. The van der Waals surface area contributed by atoms with Crippen molar-refractivity contribution in [2.45, 2.75) is 44.0 Å². The van der Waals surface area contributed by atoms with Gasteiger partial charge in [0.05, 0.1) is 18.1 Å². The fourth-order valence-electron chi connectivity index (χ4n) is 3.69. The molecule has 3 aromatic rings. The standard InChI is InChI=1S/C21H19ClF3N5O2/c22-20-27-10-14(11-28-20)29-18-17-5-4-16(8-12(17)6-7-26-18)32-15-3-1-2-13(9-15)30-19(31)21(23,24)25/h4-8,10-11,13,15H,1-3,9H2,(H,26,29)(H,30,31)/t13-,15+/m0/s1. The molecule has 168 valence electrons. The number of nitrogens with zero attached hydrogens (tertiary/aromatic N) is 3. The minimum absolute atomic E-state index is 0.145. The maximum atomic E-state index is 12.5. The van der Waals surface area contributed by atoms with Gasteiger partial charge in [-0.2, -0.15) is 13.2 Å². The minimum atomic E-state index is -4.88. The molecule has 1 aliphatic carbocycles. The number of ether oxygens (including phenoxy) is 1. The summed E-state index contributed by atoms with van der Waals surface area (Å²) in [5.41, 5.74) is 0.629. The Morgan fingerprint density at radius 3 is 2.66 bits per heavy atom. The SMILES string of the molecule is O=C(N[C@H]1CCC[C@@H](Oc2ccc3c(Nc4cnc(Cl)nc4)nccc3c2)C1)C(F)(F)F. The number of carbonyl (C=O) groups is 1. The van der Waals surface area contributed by atoms with E-state index in [1.165, 1.54) is 0 Å². The van der Waals surface area contributed by atoms with Crippen molar-refractivity contribution in [3.05, 3.63) is 48.1 Å². The molecule has 32 heavy (non-hydrogen) atoms. The second-order valence-electron chi connectivity index (χ2n) is 7.48. The summed E-state index contributed by atoms with van der Waals surface area (Å²) in [6.45, 7) is 0. The van der Waals surface area contributed by atoms with Crippen molar-refractivity contribution in [2.24, 2.45) is 0 Å². The van der Waals surface area contributed by atoms with E-state index < -0.39 is 18.1 Å². The molecule has 4 rings (SSSR count). The fraction of sp³-hybridized carbons (Fsp3) is 0.333. The quantitative estimate of drug-likeness (QED) is 0.527. The smallest absolute Gasteiger partial charge is 0.471 e. The number of nitrogens with one attached hydrogen (secondary N) is 2. The van der Waals surface area contributed by atoms with E-state index in [1.807, 2.05) is 18.2 Å². The first-order valence-electron chi connectivity index (χ1n) is 9.95. The average Bonchev–Trinajstić information content (AvgIpc) is 2.75. The molecule has 1 saturated carbocycles. The van der Waals surface area contributed by atoms with Crippen molar-refractivity contribution in [3.63, 3.8) is 0 Å². The Labute approximate surface area is 186 Å². The number of alkyl halides is 3. The molecule has 1 aliphatic rings. The lowest BCUT2D eigenvalue weighted by Gasteiger charge is -2.30. The van der Waals surface area contributed by atoms with Gasteiger partial charge in [0.1, 0.15) is 17.7 Å². The summed E-state index contributed by atoms with van der Waals surface area (Å²) in [6.07, 6.45) is 1.75. The molecule has 0 bridgehead atoms. The molecular formula is C21H19ClF3N5O2. The number of hydrogen-bond donors (Lipinski definition) is 2. The van der Waals surface area contributed by atoms with Gasteiger partial charge < -0.3 is 15.4 Å². The first-order valence-corrected chi connectivity index (χ1v) is 10.3. The zero-order valence-electron chi connectivity index (χ0n) is 16.7. The molecule has 0 aliphatic heterocycles. The van der Waals surface area contributed by atoms with E-state index >= 15 is 0 Å². The predicted molar refractivity (Wildman–Crippen MR) is 113 cm³/mol. The van der Waals surface area contributed by atoms with Crippen molar-refractivity contribution >= 4 is 39.8 Å². The van der Waals surface area contributed by atoms with Crippen LogP contribution in [0.15, 0.2) is 42.9 Å². The van der Waals surface area contributed by atoms with Crippen LogP contribution in [-0.4, -0.2) is 39.2 Å². The number of pyridine rings is 1. The molecular weight excluding hydrogens is 447 g/mol. The van der Waals surface area contributed by atoms with E-state index in [1.54, 1.807) is 24.7 Å². The number of amides is 1. The molecule has 2 N–H and O–H groups in total. The van der Waals surface area contributed by atoms with Crippen LogP contribution in [-0.2, 0) is 4.79 Å². The second kappa shape index (κ2) is 9.15. The Morgan fingerprint density at radius 1 is 1.12 bits per heavy atom. The molecule has 1 aromatic carbocycles. The molecule has 0 spiro atoms. The van der Waals surface area contributed by atoms with E-state index in [2.05, 4.69) is 25.6 Å². The van der Waals surface area contributed by atoms with E-state index in [0.717, 1.165) is 10.8 Å². The van der Waals surface area contributed by atoms with Crippen LogP contribution in [0, 0.1) is 0 Å². The van der Waals surface area contributed by atoms with Crippen molar-refractivity contribution < 1.29 is 22.7 Å². The Hall–Kier alpha value is -3.14. The third-order valence-electron chi connectivity index (χ3n) is 5.14. The Balaban J connectivity index is 1.45. The Bertz CT molecular complexity index is 1110. The van der Waals surface area contributed by atoms with Crippen molar-refractivity contribution in [2.75, 3.05) is 5.32 Å². The van der Waals surface area contributed by atoms with Gasteiger partial charge >= 0.3 is 12.1 Å². The number of carbonyl (C=O) groups excluding carboxylic acids is 1. The highest BCUT2D eigenvalue weighted by molar-refractivity contribution is 6.28. The molecule has 2 atom stereocenters. The first-order chi connectivity index (χ1) is 15.3. The summed E-state index contributed by atoms with van der Waals surface area (Å²) in [5.74, 6) is -0.711. The van der Waals surface area contributed by atoms with Crippen molar-refractivity contribution in [1.29, 1.82) is 0 Å². The molecule has 0 radical (unpaired) electrons. The zero-order chi connectivity index (χ0) is 22.7. The van der Waals surface area contributed by atoms with Crippen LogP contribution in [0.2, 0.25) is 5.28 Å². The number of rotatable bonds is 5. The summed E-state index contributed by atoms with van der Waals surface area (Å²) >= 11 is 5.71. The van der Waals surface area contributed by atoms with Gasteiger partial charge in [-0.25, -0.2) is 15.0 Å². The first kappa shape index (κ1) is 22.1. The van der Waals surface area contributed by atoms with Gasteiger partial charge in [-0.15, -0.1) is 0 Å². The molecule has 2 heterocycles. The zero-order valence-corrected chi connectivity index (χ0v) is 17.5. The second-order valence-corrected chi connectivity index (χ2v) is 7.82. The van der Waals surface area contributed by atoms with E-state index in [-0.39, 0.29) is 11.4 Å². The van der Waals surface area contributed by atoms with E-state index in [9.17, 15) is 18.0 Å². The van der Waals surface area contributed by atoms with Crippen LogP contribution in [0.4, 0.5) is 24.7 Å². The van der Waals surface area contributed by atoms with Crippen LogP contribution < -0.4 is 15.4 Å². The molecule has 0 unspecified atom stereocenters. The topological polar surface area (TPSA) is 89.0 Å². The Morgan fingerprint density at radius 2 is 1.91 bits per heavy atom. The summed E-state index contributed by atoms with van der Waals surface area (Å²) in [7, 11) is 0. The highest BCUT2D eigenvalue weighted by Gasteiger charge is 2.40. The van der Waals surface area contributed by atoms with Crippen LogP contribution in [0.3, 0.4) is 0 Å². The highest BCUT2D eigenvalue weighted by Crippen LogP contribution is 2.30. The fourth-order valence-corrected chi connectivity index (χ4v) is 3.78. The number of anilines is 2. The summed E-state index contributed by atoms with van der Waals surface area (Å²) in [5, 5.41) is 7.06. The van der Waals surface area contributed by atoms with E-state index in [4.69, 9.17) is 16.3 Å². The average molecular weight is 466 g/mol.